The Labute approximate surface area is 277 Å². The number of carbonyl (C=O) groups excluding carboxylic acids is 8. The van der Waals surface area contributed by atoms with Crippen LogP contribution in [0.4, 0.5) is 0 Å². The second-order valence-corrected chi connectivity index (χ2v) is 11.2. The van der Waals surface area contributed by atoms with Crippen molar-refractivity contribution < 1.29 is 43.5 Å². The topological polar surface area (TPSA) is 286 Å². The third kappa shape index (κ3) is 11.4. The average Bonchev–Trinajstić information content (AvgIpc) is 3.06. The molecule has 48 heavy (non-hydrogen) atoms. The molecular weight excluding hydrogens is 628 g/mol. The molecule has 0 spiro atoms. The lowest BCUT2D eigenvalue weighted by Gasteiger charge is -2.34. The van der Waals surface area contributed by atoms with Gasteiger partial charge >= 0.3 is 0 Å². The molecule has 262 valence electrons. The number of allylic oxidation sites excluding steroid dienone is 1. The van der Waals surface area contributed by atoms with E-state index in [0.29, 0.717) is 11.8 Å². The number of hydrogen-bond donors (Lipinski definition) is 8. The summed E-state index contributed by atoms with van der Waals surface area (Å²) >= 11 is 0. The van der Waals surface area contributed by atoms with Gasteiger partial charge in [0.1, 0.15) is 6.29 Å². The first kappa shape index (κ1) is 39.3. The lowest BCUT2D eigenvalue weighted by molar-refractivity contribution is -0.151. The Morgan fingerprint density at radius 1 is 1.08 bits per heavy atom. The van der Waals surface area contributed by atoms with Gasteiger partial charge in [0, 0.05) is 26.4 Å². The highest BCUT2D eigenvalue weighted by Gasteiger charge is 2.44. The van der Waals surface area contributed by atoms with E-state index in [-0.39, 0.29) is 32.1 Å². The van der Waals surface area contributed by atoms with E-state index in [9.17, 15) is 43.5 Å². The Kier molecular flexibility index (Phi) is 15.6. The van der Waals surface area contributed by atoms with E-state index in [1.54, 1.807) is 30.3 Å². The summed E-state index contributed by atoms with van der Waals surface area (Å²) in [5, 5.41) is 19.6. The van der Waals surface area contributed by atoms with Gasteiger partial charge < -0.3 is 48.0 Å². The number of nitrogens with two attached hydrogens (primary N) is 3. The van der Waals surface area contributed by atoms with E-state index in [0.717, 1.165) is 4.90 Å². The third-order valence-corrected chi connectivity index (χ3v) is 7.51. The molecule has 1 aromatic carbocycles. The van der Waals surface area contributed by atoms with Crippen molar-refractivity contribution in [3.63, 3.8) is 0 Å². The Morgan fingerprint density at radius 2 is 1.75 bits per heavy atom. The van der Waals surface area contributed by atoms with Crippen molar-refractivity contribution in [2.24, 2.45) is 17.2 Å². The summed E-state index contributed by atoms with van der Waals surface area (Å²) in [7, 11) is 1.23. The number of primary amides is 1. The fourth-order valence-corrected chi connectivity index (χ4v) is 4.77. The molecule has 0 saturated heterocycles. The predicted octanol–water partition coefficient (Wildman–Crippen LogP) is -3.95. The summed E-state index contributed by atoms with van der Waals surface area (Å²) in [4.78, 5) is 105. The second-order valence-electron chi connectivity index (χ2n) is 11.2. The minimum Gasteiger partial charge on any atom is -0.391 e. The monoisotopic (exact) mass is 672 g/mol. The van der Waals surface area contributed by atoms with Crippen molar-refractivity contribution in [3.8, 4) is 0 Å². The van der Waals surface area contributed by atoms with Gasteiger partial charge in [-0.2, -0.15) is 0 Å². The largest absolute Gasteiger partial charge is 0.391 e. The normalized spacial score (nSPS) is 21.4. The molecule has 0 aromatic heterocycles. The van der Waals surface area contributed by atoms with Crippen LogP contribution in [0, 0.1) is 0 Å². The molecule has 17 heteroatoms. The highest BCUT2D eigenvalue weighted by atomic mass is 16.3. The third-order valence-electron chi connectivity index (χ3n) is 7.51. The maximum Gasteiger partial charge on any atom is 0.258 e. The summed E-state index contributed by atoms with van der Waals surface area (Å²) in [5.74, 6) is -6.82. The predicted molar refractivity (Wildman–Crippen MR) is 171 cm³/mol. The second kappa shape index (κ2) is 19.1. The SMILES string of the molecule is CNC(=O)[C@H](C(=O)[C@@H](N)Cc1ccccc1)N1C/C=C/CCC(=O)N[C@@H](N[C@@H](C=O)CCC(N)=O)C(=O)N[C@@H](C(=O)[C@@H](N)[C@H](C)O)C1=O. The average molecular weight is 673 g/mol. The summed E-state index contributed by atoms with van der Waals surface area (Å²) in [6.45, 7) is 0.736. The first-order valence-corrected chi connectivity index (χ1v) is 15.3. The van der Waals surface area contributed by atoms with Crippen LogP contribution >= 0.6 is 0 Å². The van der Waals surface area contributed by atoms with Gasteiger partial charge in [-0.15, -0.1) is 0 Å². The van der Waals surface area contributed by atoms with Crippen LogP contribution < -0.4 is 38.5 Å². The van der Waals surface area contributed by atoms with Gasteiger partial charge in [-0.3, -0.25) is 38.9 Å². The summed E-state index contributed by atoms with van der Waals surface area (Å²) in [5.41, 5.74) is 18.0. The van der Waals surface area contributed by atoms with Gasteiger partial charge in [-0.1, -0.05) is 42.5 Å². The Hall–Kier alpha value is -4.84. The number of hydrogen-bond acceptors (Lipinski definition) is 12. The van der Waals surface area contributed by atoms with E-state index in [4.69, 9.17) is 17.2 Å². The number of benzene rings is 1. The summed E-state index contributed by atoms with van der Waals surface area (Å²) in [6, 6.07) is 0.424. The van der Waals surface area contributed by atoms with Crippen LogP contribution in [0.1, 0.15) is 38.2 Å². The van der Waals surface area contributed by atoms with Crippen molar-refractivity contribution in [2.45, 2.75) is 81.5 Å². The minimum atomic E-state index is -2.19. The number of carbonyl (C=O) groups is 8. The smallest absolute Gasteiger partial charge is 0.258 e. The van der Waals surface area contributed by atoms with Crippen molar-refractivity contribution in [1.29, 1.82) is 0 Å². The number of aliphatic hydroxyl groups excluding tert-OH is 1. The molecular formula is C31H44N8O9. The van der Waals surface area contributed by atoms with E-state index >= 15 is 0 Å². The molecule has 17 nitrogen and oxygen atoms in total. The van der Waals surface area contributed by atoms with Gasteiger partial charge in [0.25, 0.3) is 11.8 Å². The zero-order chi connectivity index (χ0) is 36.0. The van der Waals surface area contributed by atoms with Gasteiger partial charge in [0.05, 0.1) is 24.2 Å². The zero-order valence-electron chi connectivity index (χ0n) is 26.8. The number of amides is 5. The van der Waals surface area contributed by atoms with Crippen LogP contribution in [-0.4, -0.2) is 113 Å². The fraction of sp³-hybridized carbons (Fsp3) is 0.484. The Balaban J connectivity index is 2.62. The molecule has 0 fully saturated rings. The highest BCUT2D eigenvalue weighted by Crippen LogP contribution is 2.14. The van der Waals surface area contributed by atoms with Gasteiger partial charge in [0.15, 0.2) is 29.8 Å². The number of rotatable bonds is 15. The van der Waals surface area contributed by atoms with Crippen LogP contribution in [0.3, 0.4) is 0 Å². The molecule has 2 rings (SSSR count). The molecule has 0 aliphatic carbocycles. The highest BCUT2D eigenvalue weighted by molar-refractivity contribution is 6.15. The molecule has 5 amide bonds. The number of aldehydes is 1. The number of Topliss-reactive ketones (excluding diaryl/α,β-unsaturated/α-hetero) is 2. The van der Waals surface area contributed by atoms with Gasteiger partial charge in [0.2, 0.25) is 17.7 Å². The maximum absolute atomic E-state index is 14.3. The Bertz CT molecular complexity index is 1370. The molecule has 1 heterocycles. The first-order chi connectivity index (χ1) is 22.7. The molecule has 1 aliphatic rings. The fourth-order valence-electron chi connectivity index (χ4n) is 4.77. The maximum atomic E-state index is 14.3. The molecule has 1 aliphatic heterocycles. The number of nitrogens with zero attached hydrogens (tertiary/aromatic N) is 1. The first-order valence-electron chi connectivity index (χ1n) is 15.3. The minimum absolute atomic E-state index is 0.00577. The molecule has 1 aromatic rings. The molecule has 7 atom stereocenters. The molecule has 0 saturated carbocycles. The van der Waals surface area contributed by atoms with E-state index in [1.807, 2.05) is 0 Å². The number of likely N-dealkylation sites (N-methyl/N-ethyl adjacent to an activating group) is 1. The molecule has 11 N–H and O–H groups in total. The molecule has 0 bridgehead atoms. The van der Waals surface area contributed by atoms with Gasteiger partial charge in [-0.25, -0.2) is 0 Å². The van der Waals surface area contributed by atoms with Gasteiger partial charge in [-0.05, 0) is 31.7 Å². The van der Waals surface area contributed by atoms with Crippen molar-refractivity contribution in [3.05, 3.63) is 48.0 Å². The lowest BCUT2D eigenvalue weighted by Crippen LogP contribution is -2.67. The van der Waals surface area contributed by atoms with E-state index in [1.165, 1.54) is 26.1 Å². The van der Waals surface area contributed by atoms with E-state index < -0.39 is 90.1 Å². The molecule has 0 unspecified atom stereocenters. The number of ketones is 2. The quantitative estimate of drug-likeness (QED) is 0.0503. The van der Waals surface area contributed by atoms with Crippen LogP contribution in [0.15, 0.2) is 42.5 Å². The van der Waals surface area contributed by atoms with Crippen LogP contribution in [-0.2, 0) is 44.8 Å². The molecule has 0 radical (unpaired) electrons. The summed E-state index contributed by atoms with van der Waals surface area (Å²) < 4.78 is 0. The van der Waals surface area contributed by atoms with Crippen molar-refractivity contribution in [2.75, 3.05) is 13.6 Å². The summed E-state index contributed by atoms with van der Waals surface area (Å²) in [6.07, 6.45) is -0.433. The standard InChI is InChI=1S/C31H44N8O9/c1-17(41)23(34)27(45)24-31(48)39(25(29(46)35-2)26(44)20(32)15-18-9-5-3-6-10-18)14-8-4-7-11-22(43)37-28(30(47)38-24)36-19(16-40)12-13-21(33)42/h3-6,8-10,16-17,19-20,23-25,28,36,41H,7,11-15,32,34H2,1-2H3,(H2,33,42)(H,35,46)(H,37,43)(H,38,47)/b8-4+/t17-,19+,20-,23-,24-,25-,28+/m0/s1. The Morgan fingerprint density at radius 3 is 2.33 bits per heavy atom. The van der Waals surface area contributed by atoms with Crippen LogP contribution in [0.2, 0.25) is 0 Å². The van der Waals surface area contributed by atoms with E-state index in [2.05, 4.69) is 21.3 Å². The lowest BCUT2D eigenvalue weighted by atomic mass is 9.95. The van der Waals surface area contributed by atoms with Crippen molar-refractivity contribution >= 4 is 47.4 Å². The van der Waals surface area contributed by atoms with Crippen LogP contribution in [0.25, 0.3) is 0 Å². The van der Waals surface area contributed by atoms with Crippen LogP contribution in [0.5, 0.6) is 0 Å². The number of aliphatic hydroxyl groups is 1. The zero-order valence-corrected chi connectivity index (χ0v) is 26.8. The number of nitrogens with one attached hydrogen (secondary N) is 4. The van der Waals surface area contributed by atoms with Crippen molar-refractivity contribution in [1.82, 2.24) is 26.2 Å².